The van der Waals surface area contributed by atoms with Crippen molar-refractivity contribution in [1.82, 2.24) is 0 Å². The van der Waals surface area contributed by atoms with Crippen LogP contribution in [0.25, 0.3) is 0 Å². The van der Waals surface area contributed by atoms with Gasteiger partial charge in [-0.15, -0.1) is 0 Å². The van der Waals surface area contributed by atoms with Gasteiger partial charge in [0.2, 0.25) is 0 Å². The fraction of sp³-hybridized carbons (Fsp3) is 0.500. The zero-order valence-corrected chi connectivity index (χ0v) is 17.6. The quantitative estimate of drug-likeness (QED) is 0.425. The summed E-state index contributed by atoms with van der Waals surface area (Å²) in [6.07, 6.45) is 2.41. The van der Waals surface area contributed by atoms with Crippen LogP contribution in [-0.2, 0) is 24.4 Å². The van der Waals surface area contributed by atoms with Crippen LogP contribution in [0.3, 0.4) is 0 Å². The van der Waals surface area contributed by atoms with E-state index in [4.69, 9.17) is 0 Å². The molecule has 0 nitrogen and oxygen atoms in total. The van der Waals surface area contributed by atoms with Gasteiger partial charge in [0.15, 0.2) is 0 Å². The Morgan fingerprint density at radius 1 is 0.842 bits per heavy atom. The van der Waals surface area contributed by atoms with Gasteiger partial charge >= 0.3 is 121 Å². The van der Waals surface area contributed by atoms with Crippen LogP contribution in [0.4, 0.5) is 0 Å². The van der Waals surface area contributed by atoms with Gasteiger partial charge in [0.1, 0.15) is 0 Å². The van der Waals surface area contributed by atoms with Crippen LogP contribution in [0, 0.1) is 11.8 Å². The van der Waals surface area contributed by atoms with Gasteiger partial charge < -0.3 is 24.8 Å². The molecule has 0 saturated heterocycles. The van der Waals surface area contributed by atoms with E-state index >= 15 is 0 Å². The second-order valence-electron chi connectivity index (χ2n) is 5.48. The maximum atomic E-state index is 2.41. The van der Waals surface area contributed by atoms with Gasteiger partial charge in [-0.2, -0.15) is 0 Å². The van der Waals surface area contributed by atoms with Gasteiger partial charge in [-0.25, -0.2) is 0 Å². The first kappa shape index (κ1) is 19.4. The Morgan fingerprint density at radius 3 is 1.68 bits per heavy atom. The van der Waals surface area contributed by atoms with Crippen molar-refractivity contribution < 1.29 is 49.2 Å². The monoisotopic (exact) mass is 463 g/mol. The zero-order valence-electron chi connectivity index (χ0n) is 12.5. The van der Waals surface area contributed by atoms with Crippen molar-refractivity contribution in [2.45, 2.75) is 41.5 Å². The summed E-state index contributed by atoms with van der Waals surface area (Å²) in [4.78, 5) is 0. The van der Waals surface area contributed by atoms with E-state index in [0.29, 0.717) is 11.8 Å². The molecule has 0 spiro atoms. The van der Waals surface area contributed by atoms with Crippen LogP contribution in [-0.4, -0.2) is 0 Å². The number of allylic oxidation sites excluding steroid dienone is 8. The molecule has 2 atom stereocenters. The third-order valence-electron chi connectivity index (χ3n) is 4.48. The summed E-state index contributed by atoms with van der Waals surface area (Å²) in [7, 11) is 0. The molecule has 2 unspecified atom stereocenters. The molecule has 0 amide bonds. The Labute approximate surface area is 144 Å². The molecule has 0 N–H and O–H groups in total. The molecule has 103 valence electrons. The van der Waals surface area contributed by atoms with E-state index < -0.39 is 0 Å². The van der Waals surface area contributed by atoms with Crippen LogP contribution in [0.15, 0.2) is 42.8 Å². The SMILES string of the molecule is CC1=CC(C)C(C2=C(C)C(C)=[C]([Hf+2])C2C)=C1C.[Cl-].[Cl-]. The Hall–Kier alpha value is 0.410. The summed E-state index contributed by atoms with van der Waals surface area (Å²) in [5.74, 6) is 1.26. The molecule has 2 aliphatic carbocycles. The van der Waals surface area contributed by atoms with Gasteiger partial charge in [-0.3, -0.25) is 0 Å². The maximum absolute atomic E-state index is 2.41. The van der Waals surface area contributed by atoms with E-state index in [1.54, 1.807) is 25.6 Å². The molecular weight excluding hydrogens is 442 g/mol. The second-order valence-corrected chi connectivity index (χ2v) is 7.41. The first-order valence-corrected chi connectivity index (χ1v) is 8.19. The average Bonchev–Trinajstić information content (AvgIpc) is 2.61. The molecular formula is C16H21Cl2Hf. The molecule has 0 saturated carbocycles. The predicted octanol–water partition coefficient (Wildman–Crippen LogP) is -1.31. The summed E-state index contributed by atoms with van der Waals surface area (Å²) in [6.45, 7) is 13.9. The van der Waals surface area contributed by atoms with Crippen molar-refractivity contribution in [3.8, 4) is 0 Å². The Morgan fingerprint density at radius 2 is 1.37 bits per heavy atom. The summed E-state index contributed by atoms with van der Waals surface area (Å²) < 4.78 is 1.69. The predicted molar refractivity (Wildman–Crippen MR) is 70.2 cm³/mol. The van der Waals surface area contributed by atoms with Crippen molar-refractivity contribution in [1.29, 1.82) is 0 Å². The smallest absolute Gasteiger partial charge is 1.00 e. The fourth-order valence-electron chi connectivity index (χ4n) is 3.22. The topological polar surface area (TPSA) is 0 Å². The molecule has 0 bridgehead atoms. The van der Waals surface area contributed by atoms with Crippen LogP contribution in [0.1, 0.15) is 41.5 Å². The van der Waals surface area contributed by atoms with Crippen molar-refractivity contribution in [2.24, 2.45) is 11.8 Å². The van der Waals surface area contributed by atoms with E-state index in [-0.39, 0.29) is 24.8 Å². The first-order valence-electron chi connectivity index (χ1n) is 6.39. The summed E-state index contributed by atoms with van der Waals surface area (Å²) in [6, 6.07) is 0. The Kier molecular flexibility index (Phi) is 7.06. The van der Waals surface area contributed by atoms with E-state index in [1.165, 1.54) is 35.5 Å². The van der Waals surface area contributed by atoms with E-state index in [2.05, 4.69) is 47.6 Å². The minimum absolute atomic E-state index is 0. The van der Waals surface area contributed by atoms with E-state index in [9.17, 15) is 0 Å². The summed E-state index contributed by atoms with van der Waals surface area (Å²) in [5, 5.41) is 0. The zero-order chi connectivity index (χ0) is 12.9. The molecule has 19 heavy (non-hydrogen) atoms. The molecule has 0 aromatic heterocycles. The van der Waals surface area contributed by atoms with E-state index in [0.717, 1.165) is 0 Å². The first-order chi connectivity index (χ1) is 7.86. The minimum atomic E-state index is 0. The third-order valence-corrected chi connectivity index (χ3v) is 7.38. The van der Waals surface area contributed by atoms with Crippen LogP contribution >= 0.6 is 0 Å². The van der Waals surface area contributed by atoms with Crippen LogP contribution in [0.2, 0.25) is 0 Å². The third kappa shape index (κ3) is 3.04. The molecule has 0 aromatic carbocycles. The molecule has 0 heterocycles. The summed E-state index contributed by atoms with van der Waals surface area (Å²) >= 11 is 1.20. The van der Waals surface area contributed by atoms with Crippen LogP contribution < -0.4 is 24.8 Å². The number of hydrogen-bond donors (Lipinski definition) is 0. The average molecular weight is 463 g/mol. The number of halogens is 2. The molecule has 2 aliphatic rings. The Bertz CT molecular complexity index is 507. The van der Waals surface area contributed by atoms with E-state index in [1.807, 2.05) is 0 Å². The molecule has 0 aromatic rings. The molecule has 0 aliphatic heterocycles. The molecule has 2 rings (SSSR count). The van der Waals surface area contributed by atoms with Gasteiger partial charge in [0.25, 0.3) is 0 Å². The van der Waals surface area contributed by atoms with Gasteiger partial charge in [-0.1, -0.05) is 0 Å². The normalized spacial score (nSPS) is 26.6. The largest absolute Gasteiger partial charge is 1.00 e. The van der Waals surface area contributed by atoms with Gasteiger partial charge in [-0.05, 0) is 0 Å². The number of rotatable bonds is 1. The van der Waals surface area contributed by atoms with Crippen molar-refractivity contribution in [3.63, 3.8) is 0 Å². The number of hydrogen-bond acceptors (Lipinski definition) is 0. The minimum Gasteiger partial charge on any atom is -1.00 e. The standard InChI is InChI=1S/C16H21.2ClH.Hf/c1-9-7-11(3)15(13(9)5)16-12(4)8-10(2)14(16)6;;;/h7,11-12H,1-6H3;2*1H;/q;;;+2/p-2. The molecule has 0 radical (unpaired) electrons. The van der Waals surface area contributed by atoms with Gasteiger partial charge in [0, 0.05) is 0 Å². The second kappa shape index (κ2) is 6.91. The van der Waals surface area contributed by atoms with Gasteiger partial charge in [0.05, 0.1) is 0 Å². The van der Waals surface area contributed by atoms with Crippen molar-refractivity contribution in [2.75, 3.05) is 0 Å². The fourth-order valence-corrected chi connectivity index (χ4v) is 4.41. The van der Waals surface area contributed by atoms with Crippen molar-refractivity contribution >= 4 is 0 Å². The van der Waals surface area contributed by atoms with Crippen LogP contribution in [0.5, 0.6) is 0 Å². The molecule has 0 fully saturated rings. The maximum Gasteiger partial charge on any atom is -1.00 e. The van der Waals surface area contributed by atoms with Crippen molar-refractivity contribution in [3.05, 3.63) is 42.8 Å². The Balaban J connectivity index is 0.00000162. The molecule has 3 heteroatoms. The summed E-state index contributed by atoms with van der Waals surface area (Å²) in [5.41, 5.74) is 9.34.